The predicted molar refractivity (Wildman–Crippen MR) is 159 cm³/mol. The first-order valence-corrected chi connectivity index (χ1v) is 18.6. The fourth-order valence-electron chi connectivity index (χ4n) is 5.06. The molecule has 2 atom stereocenters. The van der Waals surface area contributed by atoms with Crippen LogP contribution < -0.4 is 0 Å². The molecule has 0 saturated carbocycles. The van der Waals surface area contributed by atoms with Crippen molar-refractivity contribution in [1.82, 2.24) is 0 Å². The second kappa shape index (κ2) is 11.3. The zero-order chi connectivity index (χ0) is 27.1. The quantitative estimate of drug-likeness (QED) is 0.234. The molecule has 11 heteroatoms. The molecule has 2 unspecified atom stereocenters. The molecule has 0 radical (unpaired) electrons. The summed E-state index contributed by atoms with van der Waals surface area (Å²) in [5, 5.41) is 0. The van der Waals surface area contributed by atoms with E-state index < -0.39 is 28.1 Å². The second-order valence-electron chi connectivity index (χ2n) is 9.28. The van der Waals surface area contributed by atoms with E-state index in [4.69, 9.17) is 18.1 Å². The van der Waals surface area contributed by atoms with Gasteiger partial charge in [-0.15, -0.1) is 35.3 Å². The molecule has 1 spiro atoms. The zero-order valence-electron chi connectivity index (χ0n) is 22.3. The molecule has 1 saturated heterocycles. The van der Waals surface area contributed by atoms with Gasteiger partial charge in [0.25, 0.3) is 0 Å². The highest BCUT2D eigenvalue weighted by Crippen LogP contribution is 2.89. The van der Waals surface area contributed by atoms with Gasteiger partial charge in [-0.3, -0.25) is 9.13 Å². The first-order valence-electron chi connectivity index (χ1n) is 12.5. The van der Waals surface area contributed by atoms with E-state index in [-0.39, 0.29) is 25.4 Å². The molecule has 1 heterocycles. The van der Waals surface area contributed by atoms with Crippen LogP contribution in [-0.2, 0) is 32.0 Å². The summed E-state index contributed by atoms with van der Waals surface area (Å²) in [5.41, 5.74) is 4.14. The van der Waals surface area contributed by atoms with E-state index in [2.05, 4.69) is 24.3 Å². The highest BCUT2D eigenvalue weighted by Gasteiger charge is 2.76. The molecule has 2 aliphatic rings. The molecular weight excluding hydrogens is 566 g/mol. The maximum atomic E-state index is 15.3. The standard InChI is InChI=1S/C26H36O6P2S3/c1-8-29-33(27,30-9-2)24-36-25(22-16-12-10-14-20(22)21-15-11-13-17-23(21)25)26(35-7,37-24)34(28,31-18(3)4)32-19(5)6/h10-19,24H,8-9H2,1-7H3. The maximum absolute atomic E-state index is 15.3. The third kappa shape index (κ3) is 4.75. The van der Waals surface area contributed by atoms with Crippen molar-refractivity contribution in [1.29, 1.82) is 0 Å². The molecule has 2 aromatic carbocycles. The fraction of sp³-hybridized carbons (Fsp3) is 0.538. The Morgan fingerprint density at radius 3 is 1.70 bits per heavy atom. The van der Waals surface area contributed by atoms with Crippen molar-refractivity contribution in [3.05, 3.63) is 59.7 Å². The third-order valence-electron chi connectivity index (χ3n) is 6.10. The van der Waals surface area contributed by atoms with Crippen molar-refractivity contribution in [2.45, 2.75) is 66.6 Å². The summed E-state index contributed by atoms with van der Waals surface area (Å²) >= 11 is 4.31. The van der Waals surface area contributed by atoms with Crippen LogP contribution in [0.3, 0.4) is 0 Å². The van der Waals surface area contributed by atoms with Crippen LogP contribution in [0.1, 0.15) is 52.7 Å². The van der Waals surface area contributed by atoms with Gasteiger partial charge in [0.2, 0.25) is 0 Å². The Hall–Kier alpha value is -0.210. The van der Waals surface area contributed by atoms with Gasteiger partial charge in [0.1, 0.15) is 4.75 Å². The monoisotopic (exact) mass is 602 g/mol. The molecule has 2 aromatic rings. The second-order valence-corrected chi connectivity index (χ2v) is 19.0. The minimum Gasteiger partial charge on any atom is -0.308 e. The fourth-order valence-corrected chi connectivity index (χ4v) is 19.1. The molecule has 204 valence electrons. The molecule has 37 heavy (non-hydrogen) atoms. The number of hydrogen-bond donors (Lipinski definition) is 0. The molecule has 1 aliphatic carbocycles. The lowest BCUT2D eigenvalue weighted by atomic mass is 9.97. The average Bonchev–Trinajstić information content (AvgIpc) is 3.35. The van der Waals surface area contributed by atoms with Crippen LogP contribution in [0.5, 0.6) is 0 Å². The average molecular weight is 603 g/mol. The highest BCUT2D eigenvalue weighted by molar-refractivity contribution is 8.37. The lowest BCUT2D eigenvalue weighted by molar-refractivity contribution is 0.138. The lowest BCUT2D eigenvalue weighted by Gasteiger charge is -2.45. The first-order chi connectivity index (χ1) is 17.5. The zero-order valence-corrected chi connectivity index (χ0v) is 26.6. The lowest BCUT2D eigenvalue weighted by Crippen LogP contribution is -2.42. The predicted octanol–water partition coefficient (Wildman–Crippen LogP) is 9.00. The van der Waals surface area contributed by atoms with Crippen molar-refractivity contribution < 1.29 is 27.2 Å². The topological polar surface area (TPSA) is 71.1 Å². The van der Waals surface area contributed by atoms with Gasteiger partial charge >= 0.3 is 15.2 Å². The van der Waals surface area contributed by atoms with Crippen molar-refractivity contribution in [2.75, 3.05) is 19.5 Å². The number of hydrogen-bond acceptors (Lipinski definition) is 9. The van der Waals surface area contributed by atoms with Crippen LogP contribution in [0.25, 0.3) is 11.1 Å². The SMILES string of the molecule is CCOP(=O)(OCC)C1SC2(c3ccccc3-c3ccccc32)C(SC)(P(=O)(OC(C)C)OC(C)C)S1. The van der Waals surface area contributed by atoms with Gasteiger partial charge in [-0.25, -0.2) is 0 Å². The van der Waals surface area contributed by atoms with Crippen LogP contribution in [-0.4, -0.2) is 39.8 Å². The van der Waals surface area contributed by atoms with Crippen molar-refractivity contribution >= 4 is 50.5 Å². The smallest absolute Gasteiger partial charge is 0.308 e. The largest absolute Gasteiger partial charge is 0.359 e. The van der Waals surface area contributed by atoms with Crippen LogP contribution >= 0.6 is 50.5 Å². The van der Waals surface area contributed by atoms with E-state index in [1.54, 1.807) is 0 Å². The van der Waals surface area contributed by atoms with E-state index in [1.807, 2.05) is 72.1 Å². The van der Waals surface area contributed by atoms with Gasteiger partial charge in [0, 0.05) is 0 Å². The van der Waals surface area contributed by atoms with E-state index in [9.17, 15) is 4.57 Å². The Kier molecular flexibility index (Phi) is 9.13. The van der Waals surface area contributed by atoms with Gasteiger partial charge in [-0.2, -0.15) is 0 Å². The Morgan fingerprint density at radius 2 is 1.30 bits per heavy atom. The molecule has 1 fully saturated rings. The van der Waals surface area contributed by atoms with E-state index >= 15 is 4.57 Å². The number of benzene rings is 2. The van der Waals surface area contributed by atoms with Crippen molar-refractivity contribution in [3.8, 4) is 11.1 Å². The van der Waals surface area contributed by atoms with E-state index in [0.29, 0.717) is 0 Å². The number of thioether (sulfide) groups is 3. The molecule has 0 aromatic heterocycles. The number of fused-ring (bicyclic) bond motifs is 5. The molecular formula is C26H36O6P2S3. The van der Waals surface area contributed by atoms with Gasteiger partial charge in [-0.1, -0.05) is 48.5 Å². The Bertz CT molecular complexity index is 1150. The van der Waals surface area contributed by atoms with Crippen LogP contribution in [0, 0.1) is 0 Å². The first kappa shape index (κ1) is 29.8. The minimum atomic E-state index is -3.91. The van der Waals surface area contributed by atoms with Crippen LogP contribution in [0.4, 0.5) is 0 Å². The Balaban J connectivity index is 2.09. The van der Waals surface area contributed by atoms with Crippen LogP contribution in [0.2, 0.25) is 0 Å². The number of rotatable bonds is 11. The summed E-state index contributed by atoms with van der Waals surface area (Å²) in [6.45, 7) is 11.6. The molecule has 0 N–H and O–H groups in total. The van der Waals surface area contributed by atoms with E-state index in [0.717, 1.165) is 22.3 Å². The molecule has 0 bridgehead atoms. The highest BCUT2D eigenvalue weighted by atomic mass is 32.2. The summed E-state index contributed by atoms with van der Waals surface area (Å²) in [6.07, 6.45) is 1.23. The van der Waals surface area contributed by atoms with Gasteiger partial charge in [-0.05, 0) is 70.1 Å². The summed E-state index contributed by atoms with van der Waals surface area (Å²) in [7, 11) is -7.53. The van der Waals surface area contributed by atoms with Gasteiger partial charge in [0.05, 0.1) is 25.4 Å². The molecule has 0 amide bonds. The molecule has 6 nitrogen and oxygen atoms in total. The molecule has 1 aliphatic heterocycles. The summed E-state index contributed by atoms with van der Waals surface area (Å²) < 4.78 is 51.2. The Labute approximate surface area is 233 Å². The Morgan fingerprint density at radius 1 is 0.838 bits per heavy atom. The van der Waals surface area contributed by atoms with Gasteiger partial charge < -0.3 is 18.1 Å². The van der Waals surface area contributed by atoms with Crippen LogP contribution in [0.15, 0.2) is 48.5 Å². The third-order valence-corrected chi connectivity index (χ3v) is 19.5. The molecule has 4 rings (SSSR count). The minimum absolute atomic E-state index is 0.240. The van der Waals surface area contributed by atoms with Crippen molar-refractivity contribution in [3.63, 3.8) is 0 Å². The summed E-state index contributed by atoms with van der Waals surface area (Å²) in [5.74, 6) is 0. The maximum Gasteiger partial charge on any atom is 0.359 e. The van der Waals surface area contributed by atoms with Crippen molar-refractivity contribution in [2.24, 2.45) is 0 Å². The van der Waals surface area contributed by atoms with E-state index in [1.165, 1.54) is 35.3 Å². The normalized spacial score (nSPS) is 22.7. The van der Waals surface area contributed by atoms with Gasteiger partial charge in [0.15, 0.2) is 8.14 Å². The summed E-state index contributed by atoms with van der Waals surface area (Å²) in [6, 6.07) is 16.4. The summed E-state index contributed by atoms with van der Waals surface area (Å²) in [4.78, 5) is 0.